The Labute approximate surface area is 202 Å². The molecule has 0 saturated carbocycles. The van der Waals surface area contributed by atoms with Crippen LogP contribution in [0.5, 0.6) is 0 Å². The number of anilines is 2. The maximum atomic E-state index is 13.1. The Balaban J connectivity index is 1.50. The summed E-state index contributed by atoms with van der Waals surface area (Å²) in [5.41, 5.74) is 1.13. The molecule has 190 valence electrons. The van der Waals surface area contributed by atoms with Crippen molar-refractivity contribution in [3.8, 4) is 0 Å². The van der Waals surface area contributed by atoms with Gasteiger partial charge in [-0.1, -0.05) is 0 Å². The number of carbonyl (C=O) groups is 2. The first-order chi connectivity index (χ1) is 16.7. The van der Waals surface area contributed by atoms with E-state index in [1.807, 2.05) is 4.90 Å². The Morgan fingerprint density at radius 2 is 1.60 bits per heavy atom. The Bertz CT molecular complexity index is 1090. The van der Waals surface area contributed by atoms with Crippen LogP contribution in [0, 0.1) is 11.6 Å². The second kappa shape index (κ2) is 11.9. The molecular formula is C22H27F2N5O5S. The predicted octanol–water partition coefficient (Wildman–Crippen LogP) is 1.84. The van der Waals surface area contributed by atoms with Crippen LogP contribution in [0.15, 0.2) is 48.5 Å². The number of hydrogen-bond donors (Lipinski definition) is 3. The molecule has 1 aliphatic heterocycles. The van der Waals surface area contributed by atoms with Gasteiger partial charge in [0.1, 0.15) is 11.6 Å². The Kier molecular flexibility index (Phi) is 8.95. The van der Waals surface area contributed by atoms with Gasteiger partial charge in [0, 0.05) is 44.1 Å². The molecule has 0 aliphatic carbocycles. The largest absolute Gasteiger partial charge is 0.369 e. The third kappa shape index (κ3) is 7.60. The molecule has 3 N–H and O–H groups in total. The van der Waals surface area contributed by atoms with E-state index in [-0.39, 0.29) is 44.0 Å². The number of hydroxylamine groups is 2. The molecule has 1 aliphatic rings. The van der Waals surface area contributed by atoms with E-state index in [1.54, 1.807) is 12.1 Å². The van der Waals surface area contributed by atoms with Crippen LogP contribution in [-0.2, 0) is 14.8 Å². The number of piperazine rings is 1. The molecule has 1 unspecified atom stereocenters. The minimum Gasteiger partial charge on any atom is -0.369 e. The van der Waals surface area contributed by atoms with Crippen LogP contribution in [0.1, 0.15) is 6.42 Å². The highest BCUT2D eigenvalue weighted by molar-refractivity contribution is 7.89. The summed E-state index contributed by atoms with van der Waals surface area (Å²) in [6, 6.07) is 9.38. The van der Waals surface area contributed by atoms with Crippen LogP contribution >= 0.6 is 0 Å². The number of sulfonamides is 1. The third-order valence-corrected chi connectivity index (χ3v) is 7.52. The summed E-state index contributed by atoms with van der Waals surface area (Å²) in [6.07, 6.45) is 0.0187. The lowest BCUT2D eigenvalue weighted by atomic mass is 10.2. The highest BCUT2D eigenvalue weighted by Gasteiger charge is 2.29. The van der Waals surface area contributed by atoms with E-state index >= 15 is 0 Å². The monoisotopic (exact) mass is 511 g/mol. The van der Waals surface area contributed by atoms with Crippen molar-refractivity contribution in [3.05, 3.63) is 60.2 Å². The molecule has 0 bridgehead atoms. The average molecular weight is 512 g/mol. The first-order valence-electron chi connectivity index (χ1n) is 10.9. The van der Waals surface area contributed by atoms with Crippen molar-refractivity contribution in [1.82, 2.24) is 14.7 Å². The fraction of sp³-hybridized carbons (Fsp3) is 0.364. The van der Waals surface area contributed by atoms with E-state index in [1.165, 1.54) is 40.7 Å². The van der Waals surface area contributed by atoms with Crippen LogP contribution in [0.25, 0.3) is 0 Å². The van der Waals surface area contributed by atoms with Crippen molar-refractivity contribution >= 4 is 33.8 Å². The lowest BCUT2D eigenvalue weighted by molar-refractivity contribution is -0.159. The number of carbonyl (C=O) groups excluding carboxylic acids is 2. The van der Waals surface area contributed by atoms with Gasteiger partial charge in [-0.3, -0.25) is 10.0 Å². The van der Waals surface area contributed by atoms with E-state index in [9.17, 15) is 32.0 Å². The summed E-state index contributed by atoms with van der Waals surface area (Å²) in [5.74, 6) is -1.16. The maximum Gasteiger partial charge on any atom is 0.319 e. The molecule has 0 radical (unpaired) electrons. The molecule has 0 aromatic heterocycles. The van der Waals surface area contributed by atoms with E-state index < -0.39 is 27.9 Å². The van der Waals surface area contributed by atoms with Gasteiger partial charge >= 0.3 is 6.03 Å². The SMILES string of the molecule is O=CN(O)C(CCS(=O)(=O)N1CCN(c2ccc(F)cc2)CC1)CNC(=O)Nc1ccc(F)cc1. The maximum absolute atomic E-state index is 13.1. The molecule has 2 aromatic rings. The standard InChI is InChI=1S/C22H27F2N5O5S/c23-17-1-5-19(6-2-17)26-22(31)25-15-21(29(32)16-30)9-14-35(33,34)28-12-10-27(11-13-28)20-7-3-18(24)4-8-20/h1-8,16,21,32H,9-15H2,(H2,25,26,31). The van der Waals surface area contributed by atoms with Crippen molar-refractivity contribution in [3.63, 3.8) is 0 Å². The number of rotatable bonds is 10. The van der Waals surface area contributed by atoms with Gasteiger partial charge in [0.25, 0.3) is 0 Å². The van der Waals surface area contributed by atoms with Crippen LogP contribution in [0.4, 0.5) is 25.0 Å². The molecule has 35 heavy (non-hydrogen) atoms. The van der Waals surface area contributed by atoms with Gasteiger partial charge in [-0.15, -0.1) is 0 Å². The van der Waals surface area contributed by atoms with Gasteiger partial charge in [0.2, 0.25) is 16.4 Å². The number of urea groups is 1. The van der Waals surface area contributed by atoms with Crippen molar-refractivity contribution in [2.24, 2.45) is 0 Å². The molecule has 0 spiro atoms. The number of halogens is 2. The van der Waals surface area contributed by atoms with Crippen LogP contribution < -0.4 is 15.5 Å². The van der Waals surface area contributed by atoms with Crippen LogP contribution in [0.3, 0.4) is 0 Å². The zero-order valence-corrected chi connectivity index (χ0v) is 19.6. The van der Waals surface area contributed by atoms with Crippen molar-refractivity contribution in [2.45, 2.75) is 12.5 Å². The van der Waals surface area contributed by atoms with Crippen LogP contribution in [-0.4, -0.2) is 80.0 Å². The molecular weight excluding hydrogens is 484 g/mol. The summed E-state index contributed by atoms with van der Waals surface area (Å²) in [4.78, 5) is 25.1. The fourth-order valence-corrected chi connectivity index (χ4v) is 5.17. The van der Waals surface area contributed by atoms with Gasteiger partial charge in [-0.25, -0.2) is 27.1 Å². The Morgan fingerprint density at radius 1 is 1.03 bits per heavy atom. The number of nitrogens with zero attached hydrogens (tertiary/aromatic N) is 3. The second-order valence-electron chi connectivity index (χ2n) is 7.95. The lowest BCUT2D eigenvalue weighted by Gasteiger charge is -2.35. The fourth-order valence-electron chi connectivity index (χ4n) is 3.62. The highest BCUT2D eigenvalue weighted by Crippen LogP contribution is 2.19. The minimum atomic E-state index is -3.69. The quantitative estimate of drug-likeness (QED) is 0.254. The molecule has 3 rings (SSSR count). The van der Waals surface area contributed by atoms with Gasteiger partial charge in [-0.05, 0) is 55.0 Å². The van der Waals surface area contributed by atoms with E-state index in [0.717, 1.165) is 5.69 Å². The zero-order valence-electron chi connectivity index (χ0n) is 18.8. The van der Waals surface area contributed by atoms with Gasteiger partial charge < -0.3 is 15.5 Å². The Morgan fingerprint density at radius 3 is 2.17 bits per heavy atom. The number of nitrogens with one attached hydrogen (secondary N) is 2. The molecule has 1 atom stereocenters. The Hall–Kier alpha value is -3.29. The molecule has 3 amide bonds. The van der Waals surface area contributed by atoms with E-state index in [2.05, 4.69) is 10.6 Å². The molecule has 1 fully saturated rings. The smallest absolute Gasteiger partial charge is 0.319 e. The zero-order chi connectivity index (χ0) is 25.4. The summed E-state index contributed by atoms with van der Waals surface area (Å²) < 4.78 is 53.1. The summed E-state index contributed by atoms with van der Waals surface area (Å²) >= 11 is 0. The van der Waals surface area contributed by atoms with Gasteiger partial charge in [0.15, 0.2) is 0 Å². The molecule has 10 nitrogen and oxygen atoms in total. The number of hydrogen-bond acceptors (Lipinski definition) is 6. The molecule has 2 aromatic carbocycles. The molecule has 1 saturated heterocycles. The summed E-state index contributed by atoms with van der Waals surface area (Å²) in [6.45, 7) is 1.12. The normalized spacial score (nSPS) is 15.3. The van der Waals surface area contributed by atoms with Crippen molar-refractivity contribution < 1.29 is 32.0 Å². The first-order valence-corrected chi connectivity index (χ1v) is 12.5. The van der Waals surface area contributed by atoms with E-state index in [0.29, 0.717) is 23.8 Å². The lowest BCUT2D eigenvalue weighted by Crippen LogP contribution is -2.50. The van der Waals surface area contributed by atoms with Crippen molar-refractivity contribution in [2.75, 3.05) is 48.7 Å². The average Bonchev–Trinajstić information content (AvgIpc) is 2.85. The van der Waals surface area contributed by atoms with Crippen LogP contribution in [0.2, 0.25) is 0 Å². The molecule has 13 heteroatoms. The number of benzene rings is 2. The summed E-state index contributed by atoms with van der Waals surface area (Å²) in [5, 5.41) is 15.1. The molecule has 1 heterocycles. The minimum absolute atomic E-state index is 0.118. The second-order valence-corrected chi connectivity index (χ2v) is 10.0. The topological polar surface area (TPSA) is 122 Å². The van der Waals surface area contributed by atoms with Gasteiger partial charge in [0.05, 0.1) is 11.8 Å². The van der Waals surface area contributed by atoms with E-state index in [4.69, 9.17) is 0 Å². The van der Waals surface area contributed by atoms with Crippen molar-refractivity contribution in [1.29, 1.82) is 0 Å². The first kappa shape index (κ1) is 26.3. The predicted molar refractivity (Wildman–Crippen MR) is 125 cm³/mol. The summed E-state index contributed by atoms with van der Waals surface area (Å²) in [7, 11) is -3.69. The number of amides is 3. The van der Waals surface area contributed by atoms with Gasteiger partial charge in [-0.2, -0.15) is 4.31 Å². The highest BCUT2D eigenvalue weighted by atomic mass is 32.2. The third-order valence-electron chi connectivity index (χ3n) is 5.62.